The van der Waals surface area contributed by atoms with Crippen molar-refractivity contribution in [3.8, 4) is 0 Å². The number of carbonyl (C=O) groups is 2. The van der Waals surface area contributed by atoms with E-state index in [0.29, 0.717) is 17.4 Å². The van der Waals surface area contributed by atoms with Gasteiger partial charge in [0.15, 0.2) is 0 Å². The number of benzene rings is 1. The fourth-order valence-electron chi connectivity index (χ4n) is 2.19. The Kier molecular flexibility index (Phi) is 5.56. The molecule has 0 atom stereocenters. The van der Waals surface area contributed by atoms with Crippen molar-refractivity contribution in [1.82, 2.24) is 10.3 Å². The van der Waals surface area contributed by atoms with Crippen molar-refractivity contribution in [3.63, 3.8) is 0 Å². The maximum absolute atomic E-state index is 13.5. The normalized spacial score (nSPS) is 10.6. The SMILES string of the molecule is CCCCNC(=O)Nc1c(C(=O)OCC)[nH]c2ccc(F)cc12. The highest BCUT2D eigenvalue weighted by Gasteiger charge is 2.21. The van der Waals surface area contributed by atoms with E-state index in [1.165, 1.54) is 18.2 Å². The second kappa shape index (κ2) is 7.62. The van der Waals surface area contributed by atoms with E-state index in [1.54, 1.807) is 6.92 Å². The molecule has 0 fully saturated rings. The fraction of sp³-hybridized carbons (Fsp3) is 0.375. The third kappa shape index (κ3) is 4.00. The molecule has 3 N–H and O–H groups in total. The van der Waals surface area contributed by atoms with Gasteiger partial charge >= 0.3 is 12.0 Å². The molecule has 0 aliphatic rings. The van der Waals surface area contributed by atoms with Crippen LogP contribution in [0.1, 0.15) is 37.2 Å². The molecule has 0 bridgehead atoms. The summed E-state index contributed by atoms with van der Waals surface area (Å²) < 4.78 is 18.5. The average molecular weight is 321 g/mol. The van der Waals surface area contributed by atoms with Crippen LogP contribution in [-0.2, 0) is 4.74 Å². The molecular weight excluding hydrogens is 301 g/mol. The molecular formula is C16H20FN3O3. The van der Waals surface area contributed by atoms with Crippen molar-refractivity contribution in [3.05, 3.63) is 29.7 Å². The Morgan fingerprint density at radius 2 is 2.09 bits per heavy atom. The molecule has 23 heavy (non-hydrogen) atoms. The van der Waals surface area contributed by atoms with Gasteiger partial charge in [0, 0.05) is 17.4 Å². The van der Waals surface area contributed by atoms with Gasteiger partial charge in [0.2, 0.25) is 0 Å². The predicted octanol–water partition coefficient (Wildman–Crippen LogP) is 3.41. The fourth-order valence-corrected chi connectivity index (χ4v) is 2.19. The number of hydrogen-bond acceptors (Lipinski definition) is 3. The maximum Gasteiger partial charge on any atom is 0.356 e. The molecule has 1 aromatic carbocycles. The van der Waals surface area contributed by atoms with E-state index in [0.717, 1.165) is 12.8 Å². The molecule has 2 rings (SSSR count). The van der Waals surface area contributed by atoms with E-state index in [9.17, 15) is 14.0 Å². The highest BCUT2D eigenvalue weighted by atomic mass is 19.1. The van der Waals surface area contributed by atoms with Crippen LogP contribution in [0.2, 0.25) is 0 Å². The summed E-state index contributed by atoms with van der Waals surface area (Å²) in [6.45, 7) is 4.42. The Hall–Kier alpha value is -2.57. The molecule has 1 aromatic heterocycles. The Bertz CT molecular complexity index is 712. The van der Waals surface area contributed by atoms with Gasteiger partial charge in [-0.05, 0) is 31.5 Å². The molecule has 2 aromatic rings. The highest BCUT2D eigenvalue weighted by Crippen LogP contribution is 2.29. The summed E-state index contributed by atoms with van der Waals surface area (Å²) in [7, 11) is 0. The monoisotopic (exact) mass is 321 g/mol. The number of esters is 1. The molecule has 0 saturated carbocycles. The molecule has 2 amide bonds. The van der Waals surface area contributed by atoms with Gasteiger partial charge in [0.1, 0.15) is 11.5 Å². The molecule has 0 unspecified atom stereocenters. The van der Waals surface area contributed by atoms with Crippen molar-refractivity contribution < 1.29 is 18.7 Å². The Labute approximate surface area is 133 Å². The quantitative estimate of drug-likeness (QED) is 0.563. The first-order valence-electron chi connectivity index (χ1n) is 7.60. The minimum atomic E-state index is -0.604. The van der Waals surface area contributed by atoms with Crippen LogP contribution in [-0.4, -0.2) is 30.1 Å². The molecule has 0 spiro atoms. The Morgan fingerprint density at radius 3 is 2.78 bits per heavy atom. The zero-order chi connectivity index (χ0) is 16.8. The third-order valence-electron chi connectivity index (χ3n) is 3.29. The number of anilines is 1. The zero-order valence-corrected chi connectivity index (χ0v) is 13.2. The minimum absolute atomic E-state index is 0.0955. The van der Waals surface area contributed by atoms with Crippen molar-refractivity contribution in [1.29, 1.82) is 0 Å². The largest absolute Gasteiger partial charge is 0.461 e. The molecule has 0 saturated heterocycles. The van der Waals surface area contributed by atoms with Gasteiger partial charge in [0.05, 0.1) is 12.3 Å². The van der Waals surface area contributed by atoms with Gasteiger partial charge in [-0.1, -0.05) is 13.3 Å². The first kappa shape index (κ1) is 16.8. The van der Waals surface area contributed by atoms with E-state index >= 15 is 0 Å². The number of carbonyl (C=O) groups excluding carboxylic acids is 2. The van der Waals surface area contributed by atoms with E-state index in [2.05, 4.69) is 15.6 Å². The lowest BCUT2D eigenvalue weighted by Gasteiger charge is -2.08. The number of unbranched alkanes of at least 4 members (excludes halogenated alkanes) is 1. The smallest absolute Gasteiger partial charge is 0.356 e. The average Bonchev–Trinajstić information content (AvgIpc) is 2.86. The second-order valence-corrected chi connectivity index (χ2v) is 5.02. The number of urea groups is 1. The highest BCUT2D eigenvalue weighted by molar-refractivity contribution is 6.10. The van der Waals surface area contributed by atoms with Crippen molar-refractivity contribution in [2.24, 2.45) is 0 Å². The second-order valence-electron chi connectivity index (χ2n) is 5.02. The molecule has 6 nitrogen and oxygen atoms in total. The number of H-pyrrole nitrogens is 1. The molecule has 0 aliphatic heterocycles. The van der Waals surface area contributed by atoms with Crippen LogP contribution in [0, 0.1) is 5.82 Å². The van der Waals surface area contributed by atoms with Crippen LogP contribution in [0.15, 0.2) is 18.2 Å². The summed E-state index contributed by atoms with van der Waals surface area (Å²) in [5.41, 5.74) is 0.850. The first-order valence-corrected chi connectivity index (χ1v) is 7.60. The third-order valence-corrected chi connectivity index (χ3v) is 3.29. The summed E-state index contributed by atoms with van der Waals surface area (Å²) in [6, 6.07) is 3.59. The molecule has 0 aliphatic carbocycles. The summed E-state index contributed by atoms with van der Waals surface area (Å²) in [5.74, 6) is -1.06. The number of amides is 2. The number of hydrogen-bond donors (Lipinski definition) is 3. The minimum Gasteiger partial charge on any atom is -0.461 e. The Morgan fingerprint density at radius 1 is 1.30 bits per heavy atom. The van der Waals surface area contributed by atoms with E-state index in [4.69, 9.17) is 4.74 Å². The van der Waals surface area contributed by atoms with E-state index < -0.39 is 17.8 Å². The van der Waals surface area contributed by atoms with Crippen LogP contribution >= 0.6 is 0 Å². The standard InChI is InChI=1S/C16H20FN3O3/c1-3-5-8-18-16(22)20-13-11-9-10(17)6-7-12(11)19-14(13)15(21)23-4-2/h6-7,9,19H,3-5,8H2,1-2H3,(H2,18,20,22). The summed E-state index contributed by atoms with van der Waals surface area (Å²) >= 11 is 0. The van der Waals surface area contributed by atoms with Crippen molar-refractivity contribution in [2.75, 3.05) is 18.5 Å². The van der Waals surface area contributed by atoms with Crippen LogP contribution in [0.5, 0.6) is 0 Å². The van der Waals surface area contributed by atoms with Gasteiger partial charge in [-0.25, -0.2) is 14.0 Å². The predicted molar refractivity (Wildman–Crippen MR) is 86.1 cm³/mol. The van der Waals surface area contributed by atoms with Gasteiger partial charge < -0.3 is 20.4 Å². The lowest BCUT2D eigenvalue weighted by Crippen LogP contribution is -2.30. The maximum atomic E-state index is 13.5. The van der Waals surface area contributed by atoms with Gasteiger partial charge in [-0.15, -0.1) is 0 Å². The Balaban J connectivity index is 2.33. The summed E-state index contributed by atoms with van der Waals surface area (Å²) in [6.07, 6.45) is 1.80. The lowest BCUT2D eigenvalue weighted by atomic mass is 10.2. The van der Waals surface area contributed by atoms with Crippen LogP contribution in [0.4, 0.5) is 14.9 Å². The number of rotatable bonds is 6. The van der Waals surface area contributed by atoms with Crippen molar-refractivity contribution >= 4 is 28.6 Å². The molecule has 124 valence electrons. The summed E-state index contributed by atoms with van der Waals surface area (Å²) in [4.78, 5) is 26.9. The molecule has 7 heteroatoms. The van der Waals surface area contributed by atoms with Crippen LogP contribution in [0.3, 0.4) is 0 Å². The number of halogens is 1. The topological polar surface area (TPSA) is 83.2 Å². The first-order chi connectivity index (χ1) is 11.1. The van der Waals surface area contributed by atoms with Crippen LogP contribution in [0.25, 0.3) is 10.9 Å². The van der Waals surface area contributed by atoms with Gasteiger partial charge in [-0.2, -0.15) is 0 Å². The lowest BCUT2D eigenvalue weighted by molar-refractivity contribution is 0.0522. The van der Waals surface area contributed by atoms with Crippen LogP contribution < -0.4 is 10.6 Å². The molecule has 0 radical (unpaired) electrons. The number of aromatic nitrogens is 1. The van der Waals surface area contributed by atoms with Gasteiger partial charge in [-0.3, -0.25) is 0 Å². The number of ether oxygens (including phenoxy) is 1. The number of aromatic amines is 1. The van der Waals surface area contributed by atoms with Crippen molar-refractivity contribution in [2.45, 2.75) is 26.7 Å². The zero-order valence-electron chi connectivity index (χ0n) is 13.2. The molecule has 1 heterocycles. The van der Waals surface area contributed by atoms with Gasteiger partial charge in [0.25, 0.3) is 0 Å². The number of nitrogens with one attached hydrogen (secondary N) is 3. The number of fused-ring (bicyclic) bond motifs is 1. The summed E-state index contributed by atoms with van der Waals surface area (Å²) in [5, 5.41) is 5.72. The van der Waals surface area contributed by atoms with E-state index in [-0.39, 0.29) is 18.0 Å². The van der Waals surface area contributed by atoms with E-state index in [1.807, 2.05) is 6.92 Å².